The van der Waals surface area contributed by atoms with Crippen molar-refractivity contribution in [3.05, 3.63) is 95.1 Å². The molecule has 33 heavy (non-hydrogen) atoms. The molecule has 1 saturated heterocycles. The molecule has 0 aliphatic carbocycles. The number of rotatable bonds is 3. The quantitative estimate of drug-likeness (QED) is 0.386. The van der Waals surface area contributed by atoms with Crippen LogP contribution in [0, 0.1) is 25.5 Å². The van der Waals surface area contributed by atoms with Crippen molar-refractivity contribution in [3.63, 3.8) is 0 Å². The lowest BCUT2D eigenvalue weighted by atomic mass is 10.0. The van der Waals surface area contributed by atoms with E-state index in [1.54, 1.807) is 29.3 Å². The van der Waals surface area contributed by atoms with Crippen LogP contribution < -0.4 is 5.32 Å². The maximum Gasteiger partial charge on any atom is 0.252 e. The van der Waals surface area contributed by atoms with Gasteiger partial charge in [-0.1, -0.05) is 18.2 Å². The summed E-state index contributed by atoms with van der Waals surface area (Å²) in [5.74, 6) is 0.273. The summed E-state index contributed by atoms with van der Waals surface area (Å²) in [6.45, 7) is 5.24. The molecule has 4 rings (SSSR count). The number of nitrogens with zero attached hydrogens (tertiary/aromatic N) is 3. The second-order valence-corrected chi connectivity index (χ2v) is 7.89. The van der Waals surface area contributed by atoms with E-state index in [2.05, 4.69) is 10.3 Å². The van der Waals surface area contributed by atoms with Crippen molar-refractivity contribution in [3.8, 4) is 0 Å². The first kappa shape index (κ1) is 22.6. The van der Waals surface area contributed by atoms with E-state index in [0.717, 1.165) is 29.5 Å². The Hall–Kier alpha value is -3.58. The minimum Gasteiger partial charge on any atom is -0.340 e. The Morgan fingerprint density at radius 3 is 2.12 bits per heavy atom. The van der Waals surface area contributed by atoms with Crippen LogP contribution in [0.4, 0.5) is 20.2 Å². The van der Waals surface area contributed by atoms with E-state index in [1.165, 1.54) is 24.3 Å². The number of anilines is 1. The van der Waals surface area contributed by atoms with Crippen LogP contribution in [-0.2, 0) is 4.84 Å². The molecule has 0 atom stereocenters. The molecule has 1 heterocycles. The van der Waals surface area contributed by atoms with Gasteiger partial charge in [0.2, 0.25) is 0 Å². The molecular weight excluding hydrogens is 422 g/mol. The Morgan fingerprint density at radius 2 is 1.52 bits per heavy atom. The number of hydrogen-bond acceptors (Lipinski definition) is 2. The summed E-state index contributed by atoms with van der Waals surface area (Å²) in [5.41, 5.74) is 4.24. The molecule has 0 radical (unpaired) electrons. The molecule has 7 heteroatoms. The van der Waals surface area contributed by atoms with Gasteiger partial charge in [-0.25, -0.2) is 18.8 Å². The molecule has 5 nitrogen and oxygen atoms in total. The molecular formula is C26H26F2N4O. The van der Waals surface area contributed by atoms with Crippen molar-refractivity contribution >= 4 is 23.2 Å². The SMILES string of the molecule is Cc1cccc(C)c1/C(=N\C(=N\c1ccc(F)cc1)N1CCCCO1)Nc1ccc(F)cc1. The number of guanidine groups is 1. The number of benzene rings is 3. The monoisotopic (exact) mass is 448 g/mol. The maximum absolute atomic E-state index is 13.5. The highest BCUT2D eigenvalue weighted by Crippen LogP contribution is 2.21. The standard InChI is InChI=1S/C26H26F2N4O/c1-18-6-5-7-19(2)24(18)25(29-22-12-8-20(27)9-13-22)31-26(32-16-3-4-17-33-32)30-23-14-10-21(28)11-15-23/h5-15H,3-4,16-17H2,1-2H3,(H,29,30,31). The fourth-order valence-electron chi connectivity index (χ4n) is 3.63. The van der Waals surface area contributed by atoms with Crippen molar-refractivity contribution in [2.75, 3.05) is 18.5 Å². The largest absolute Gasteiger partial charge is 0.340 e. The van der Waals surface area contributed by atoms with Crippen LogP contribution in [0.5, 0.6) is 0 Å². The molecule has 1 fully saturated rings. The zero-order chi connectivity index (χ0) is 23.2. The number of nitrogens with one attached hydrogen (secondary N) is 1. The van der Waals surface area contributed by atoms with E-state index in [0.29, 0.717) is 36.3 Å². The lowest BCUT2D eigenvalue weighted by Gasteiger charge is -2.27. The first-order valence-corrected chi connectivity index (χ1v) is 10.9. The number of hydroxylamine groups is 2. The predicted molar refractivity (Wildman–Crippen MR) is 128 cm³/mol. The molecule has 0 spiro atoms. The van der Waals surface area contributed by atoms with Gasteiger partial charge >= 0.3 is 0 Å². The van der Waals surface area contributed by atoms with Crippen LogP contribution in [0.2, 0.25) is 0 Å². The van der Waals surface area contributed by atoms with Gasteiger partial charge in [0.15, 0.2) is 0 Å². The van der Waals surface area contributed by atoms with E-state index in [1.807, 2.05) is 32.0 Å². The molecule has 0 aromatic heterocycles. The van der Waals surface area contributed by atoms with Gasteiger partial charge in [-0.3, -0.25) is 4.84 Å². The Labute approximate surface area is 192 Å². The van der Waals surface area contributed by atoms with Crippen molar-refractivity contribution in [2.24, 2.45) is 9.98 Å². The summed E-state index contributed by atoms with van der Waals surface area (Å²) in [5, 5.41) is 5.00. The number of aliphatic imine (C=N–C) groups is 2. The van der Waals surface area contributed by atoms with Gasteiger partial charge in [-0.05, 0) is 86.3 Å². The van der Waals surface area contributed by atoms with Gasteiger partial charge < -0.3 is 5.32 Å². The molecule has 0 amide bonds. The van der Waals surface area contributed by atoms with Gasteiger partial charge in [-0.2, -0.15) is 4.99 Å². The van der Waals surface area contributed by atoms with Crippen LogP contribution in [0.25, 0.3) is 0 Å². The second-order valence-electron chi connectivity index (χ2n) is 7.89. The summed E-state index contributed by atoms with van der Waals surface area (Å²) in [6.07, 6.45) is 1.91. The number of aryl methyl sites for hydroxylation is 2. The number of amidine groups is 1. The normalized spacial score (nSPS) is 15.0. The molecule has 1 N–H and O–H groups in total. The first-order valence-electron chi connectivity index (χ1n) is 10.9. The van der Waals surface area contributed by atoms with Crippen LogP contribution in [0.15, 0.2) is 76.7 Å². The van der Waals surface area contributed by atoms with Crippen molar-refractivity contribution in [1.82, 2.24) is 5.06 Å². The van der Waals surface area contributed by atoms with E-state index < -0.39 is 0 Å². The van der Waals surface area contributed by atoms with Crippen molar-refractivity contribution in [2.45, 2.75) is 26.7 Å². The Kier molecular flexibility index (Phi) is 7.10. The lowest BCUT2D eigenvalue weighted by molar-refractivity contribution is -0.124. The molecule has 0 saturated carbocycles. The lowest BCUT2D eigenvalue weighted by Crippen LogP contribution is -2.36. The molecule has 3 aromatic rings. The van der Waals surface area contributed by atoms with Gasteiger partial charge in [0.1, 0.15) is 17.5 Å². The number of halogens is 2. The zero-order valence-corrected chi connectivity index (χ0v) is 18.7. The summed E-state index contributed by atoms with van der Waals surface area (Å²) in [4.78, 5) is 15.4. The highest BCUT2D eigenvalue weighted by Gasteiger charge is 2.19. The summed E-state index contributed by atoms with van der Waals surface area (Å²) in [7, 11) is 0. The summed E-state index contributed by atoms with van der Waals surface area (Å²) < 4.78 is 26.9. The van der Waals surface area contributed by atoms with Gasteiger partial charge in [0.25, 0.3) is 5.96 Å². The third kappa shape index (κ3) is 5.81. The highest BCUT2D eigenvalue weighted by atomic mass is 19.1. The molecule has 0 bridgehead atoms. The second kappa shape index (κ2) is 10.4. The number of hydrogen-bond donors (Lipinski definition) is 1. The van der Waals surface area contributed by atoms with E-state index in [9.17, 15) is 8.78 Å². The van der Waals surface area contributed by atoms with Crippen LogP contribution in [-0.4, -0.2) is 30.0 Å². The average Bonchev–Trinajstić information content (AvgIpc) is 2.82. The van der Waals surface area contributed by atoms with Crippen LogP contribution >= 0.6 is 0 Å². The molecule has 170 valence electrons. The maximum atomic E-state index is 13.5. The summed E-state index contributed by atoms with van der Waals surface area (Å²) >= 11 is 0. The zero-order valence-electron chi connectivity index (χ0n) is 18.7. The Balaban J connectivity index is 1.82. The smallest absolute Gasteiger partial charge is 0.252 e. The van der Waals surface area contributed by atoms with Crippen molar-refractivity contribution < 1.29 is 13.6 Å². The molecule has 3 aromatic carbocycles. The third-order valence-electron chi connectivity index (χ3n) is 5.32. The topological polar surface area (TPSA) is 49.2 Å². The fraction of sp³-hybridized carbons (Fsp3) is 0.231. The van der Waals surface area contributed by atoms with Crippen LogP contribution in [0.1, 0.15) is 29.5 Å². The molecule has 1 aliphatic heterocycles. The van der Waals surface area contributed by atoms with Crippen LogP contribution in [0.3, 0.4) is 0 Å². The van der Waals surface area contributed by atoms with Gasteiger partial charge in [0.05, 0.1) is 12.3 Å². The van der Waals surface area contributed by atoms with E-state index in [4.69, 9.17) is 9.83 Å². The predicted octanol–water partition coefficient (Wildman–Crippen LogP) is 6.16. The van der Waals surface area contributed by atoms with E-state index in [-0.39, 0.29) is 11.6 Å². The summed E-state index contributed by atoms with van der Waals surface area (Å²) in [6, 6.07) is 18.0. The Bertz CT molecular complexity index is 1130. The Morgan fingerprint density at radius 1 is 0.879 bits per heavy atom. The highest BCUT2D eigenvalue weighted by molar-refractivity contribution is 6.14. The minimum atomic E-state index is -0.331. The molecule has 0 unspecified atom stereocenters. The van der Waals surface area contributed by atoms with Crippen molar-refractivity contribution in [1.29, 1.82) is 0 Å². The fourth-order valence-corrected chi connectivity index (χ4v) is 3.63. The molecule has 1 aliphatic rings. The van der Waals surface area contributed by atoms with E-state index >= 15 is 0 Å². The van der Waals surface area contributed by atoms with Gasteiger partial charge in [0, 0.05) is 17.8 Å². The third-order valence-corrected chi connectivity index (χ3v) is 5.32. The average molecular weight is 449 g/mol. The first-order chi connectivity index (χ1) is 16.0. The minimum absolute atomic E-state index is 0.314. The van der Waals surface area contributed by atoms with Gasteiger partial charge in [-0.15, -0.1) is 0 Å².